The molecule has 1 fully saturated rings. The maximum Gasteiger partial charge on any atom is 0.320 e. The Bertz CT molecular complexity index is 984. The van der Waals surface area contributed by atoms with E-state index in [1.54, 1.807) is 48.7 Å². The maximum absolute atomic E-state index is 12.3. The molecule has 0 aliphatic carbocycles. The third-order valence-electron chi connectivity index (χ3n) is 6.19. The van der Waals surface area contributed by atoms with Gasteiger partial charge in [-0.2, -0.15) is 0 Å². The zero-order valence-corrected chi connectivity index (χ0v) is 20.5. The highest BCUT2D eigenvalue weighted by atomic mass is 16.5. The maximum atomic E-state index is 12.3. The van der Waals surface area contributed by atoms with E-state index in [-0.39, 0.29) is 0 Å². The molecule has 1 aliphatic rings. The van der Waals surface area contributed by atoms with Gasteiger partial charge in [-0.05, 0) is 43.1 Å². The predicted molar refractivity (Wildman–Crippen MR) is 126 cm³/mol. The molecular weight excluding hydrogens is 442 g/mol. The normalized spacial score (nSPS) is 16.9. The largest absolute Gasteiger partial charge is 0.496 e. The highest BCUT2D eigenvalue weighted by Crippen LogP contribution is 2.47. The third-order valence-corrected chi connectivity index (χ3v) is 6.19. The molecule has 2 aromatic rings. The van der Waals surface area contributed by atoms with Crippen molar-refractivity contribution in [2.45, 2.75) is 31.3 Å². The van der Waals surface area contributed by atoms with Gasteiger partial charge in [0.1, 0.15) is 11.8 Å². The Balaban J connectivity index is 2.32. The van der Waals surface area contributed by atoms with Crippen LogP contribution >= 0.6 is 0 Å². The summed E-state index contributed by atoms with van der Waals surface area (Å²) in [5.74, 6) is 2.12. The van der Waals surface area contributed by atoms with E-state index in [0.717, 1.165) is 24.0 Å². The number of aliphatic carboxylic acids is 1. The molecule has 0 amide bonds. The first kappa shape index (κ1) is 25.3. The van der Waals surface area contributed by atoms with E-state index in [0.29, 0.717) is 47.5 Å². The van der Waals surface area contributed by atoms with Crippen molar-refractivity contribution in [3.8, 4) is 34.5 Å². The van der Waals surface area contributed by atoms with Crippen molar-refractivity contribution >= 4 is 5.97 Å². The van der Waals surface area contributed by atoms with Crippen LogP contribution < -0.4 is 28.4 Å². The van der Waals surface area contributed by atoms with Gasteiger partial charge in [0.25, 0.3) is 0 Å². The standard InChI is InChI=1S/C25H33NO8/c1-29-18-14-20(31-3)19(30-2)13-16(18)23(26-10-8-7-9-17(26)25(27)28)15-11-21(32-4)24(34-6)22(12-15)33-5/h11-14,17,23H,7-10H2,1-6H3,(H,27,28). The van der Waals surface area contributed by atoms with Crippen LogP contribution in [-0.4, -0.2) is 71.2 Å². The monoisotopic (exact) mass is 475 g/mol. The first-order chi connectivity index (χ1) is 16.4. The lowest BCUT2D eigenvalue weighted by molar-refractivity contribution is -0.145. The second kappa shape index (κ2) is 11.2. The second-order valence-electron chi connectivity index (χ2n) is 7.90. The number of nitrogens with zero attached hydrogens (tertiary/aromatic N) is 1. The highest BCUT2D eigenvalue weighted by molar-refractivity contribution is 5.74. The number of piperidine rings is 1. The van der Waals surface area contributed by atoms with Crippen LogP contribution in [-0.2, 0) is 4.79 Å². The zero-order valence-electron chi connectivity index (χ0n) is 20.5. The van der Waals surface area contributed by atoms with Crippen molar-refractivity contribution in [1.29, 1.82) is 0 Å². The first-order valence-corrected chi connectivity index (χ1v) is 11.0. The summed E-state index contributed by atoms with van der Waals surface area (Å²) in [6.45, 7) is 0.593. The SMILES string of the molecule is COc1cc(OC)c(C(c2cc(OC)c(OC)c(OC)c2)N2CCCCC2C(=O)O)cc1OC. The average molecular weight is 476 g/mol. The van der Waals surface area contributed by atoms with Gasteiger partial charge in [-0.25, -0.2) is 0 Å². The first-order valence-electron chi connectivity index (χ1n) is 11.0. The van der Waals surface area contributed by atoms with Gasteiger partial charge in [-0.1, -0.05) is 6.42 Å². The number of hydrogen-bond acceptors (Lipinski definition) is 8. The lowest BCUT2D eigenvalue weighted by atomic mass is 9.90. The van der Waals surface area contributed by atoms with Crippen LogP contribution in [0.4, 0.5) is 0 Å². The predicted octanol–water partition coefficient (Wildman–Crippen LogP) is 3.77. The van der Waals surface area contributed by atoms with Crippen molar-refractivity contribution < 1.29 is 38.3 Å². The van der Waals surface area contributed by atoms with Gasteiger partial charge >= 0.3 is 5.97 Å². The topological polar surface area (TPSA) is 95.9 Å². The minimum Gasteiger partial charge on any atom is -0.496 e. The minimum atomic E-state index is -0.864. The highest BCUT2D eigenvalue weighted by Gasteiger charge is 2.37. The zero-order chi connectivity index (χ0) is 24.8. The Labute approximate surface area is 200 Å². The van der Waals surface area contributed by atoms with Crippen LogP contribution in [0, 0.1) is 0 Å². The van der Waals surface area contributed by atoms with Crippen LogP contribution in [0.25, 0.3) is 0 Å². The van der Waals surface area contributed by atoms with Gasteiger partial charge in [0.15, 0.2) is 23.0 Å². The fraction of sp³-hybridized carbons (Fsp3) is 0.480. The fourth-order valence-electron chi connectivity index (χ4n) is 4.60. The summed E-state index contributed by atoms with van der Waals surface area (Å²) in [6, 6.07) is 6.10. The van der Waals surface area contributed by atoms with E-state index in [2.05, 4.69) is 0 Å². The molecule has 1 heterocycles. The molecule has 1 N–H and O–H groups in total. The molecule has 3 rings (SSSR count). The number of carboxylic acid groups (broad SMARTS) is 1. The van der Waals surface area contributed by atoms with E-state index in [1.165, 1.54) is 0 Å². The van der Waals surface area contributed by atoms with Crippen LogP contribution in [0.5, 0.6) is 34.5 Å². The summed E-state index contributed by atoms with van der Waals surface area (Å²) in [5, 5.41) is 10.1. The number of likely N-dealkylation sites (tertiary alicyclic amines) is 1. The van der Waals surface area contributed by atoms with Crippen LogP contribution in [0.3, 0.4) is 0 Å². The molecule has 0 aromatic heterocycles. The van der Waals surface area contributed by atoms with Gasteiger partial charge < -0.3 is 33.5 Å². The van der Waals surface area contributed by atoms with Crippen molar-refractivity contribution in [2.75, 3.05) is 49.2 Å². The molecule has 9 nitrogen and oxygen atoms in total. The molecule has 0 spiro atoms. The van der Waals surface area contributed by atoms with Gasteiger partial charge in [-0.3, -0.25) is 9.69 Å². The molecule has 0 saturated carbocycles. The second-order valence-corrected chi connectivity index (χ2v) is 7.90. The Morgan fingerprint density at radius 2 is 1.35 bits per heavy atom. The van der Waals surface area contributed by atoms with Crippen molar-refractivity contribution in [3.05, 3.63) is 35.4 Å². The van der Waals surface area contributed by atoms with Crippen molar-refractivity contribution in [3.63, 3.8) is 0 Å². The number of methoxy groups -OCH3 is 6. The van der Waals surface area contributed by atoms with Gasteiger partial charge in [0.05, 0.1) is 48.7 Å². The van der Waals surface area contributed by atoms with Crippen molar-refractivity contribution in [2.24, 2.45) is 0 Å². The van der Waals surface area contributed by atoms with Gasteiger partial charge in [-0.15, -0.1) is 0 Å². The lowest BCUT2D eigenvalue weighted by Gasteiger charge is -2.40. The Hall–Kier alpha value is -3.33. The molecule has 1 saturated heterocycles. The summed E-state index contributed by atoms with van der Waals surface area (Å²) in [6.07, 6.45) is 2.27. The quantitative estimate of drug-likeness (QED) is 0.551. The molecule has 0 bridgehead atoms. The molecule has 2 atom stereocenters. The smallest absolute Gasteiger partial charge is 0.320 e. The summed E-state index contributed by atoms with van der Waals surface area (Å²) in [5.41, 5.74) is 1.51. The molecule has 2 aromatic carbocycles. The molecule has 1 aliphatic heterocycles. The fourth-order valence-corrected chi connectivity index (χ4v) is 4.60. The number of hydrogen-bond donors (Lipinski definition) is 1. The minimum absolute atomic E-state index is 0.459. The summed E-state index contributed by atoms with van der Waals surface area (Å²) in [7, 11) is 9.33. The Morgan fingerprint density at radius 3 is 1.85 bits per heavy atom. The van der Waals surface area contributed by atoms with Crippen LogP contribution in [0.1, 0.15) is 36.4 Å². The Morgan fingerprint density at radius 1 is 0.794 bits per heavy atom. The molecule has 34 heavy (non-hydrogen) atoms. The average Bonchev–Trinajstić information content (AvgIpc) is 2.87. The van der Waals surface area contributed by atoms with Gasteiger partial charge in [0.2, 0.25) is 5.75 Å². The third kappa shape index (κ3) is 4.79. The van der Waals surface area contributed by atoms with E-state index >= 15 is 0 Å². The summed E-state index contributed by atoms with van der Waals surface area (Å²) < 4.78 is 33.4. The van der Waals surface area contributed by atoms with E-state index in [1.807, 2.05) is 23.1 Å². The summed E-state index contributed by atoms with van der Waals surface area (Å²) in [4.78, 5) is 14.3. The van der Waals surface area contributed by atoms with Gasteiger partial charge in [0, 0.05) is 11.6 Å². The van der Waals surface area contributed by atoms with E-state index < -0.39 is 18.1 Å². The van der Waals surface area contributed by atoms with E-state index in [4.69, 9.17) is 28.4 Å². The lowest BCUT2D eigenvalue weighted by Crippen LogP contribution is -2.47. The molecular formula is C25H33NO8. The van der Waals surface area contributed by atoms with Crippen molar-refractivity contribution in [1.82, 2.24) is 4.90 Å². The molecule has 186 valence electrons. The number of ether oxygens (including phenoxy) is 6. The number of benzene rings is 2. The van der Waals surface area contributed by atoms with Crippen LogP contribution in [0.2, 0.25) is 0 Å². The number of carboxylic acids is 1. The number of rotatable bonds is 10. The van der Waals surface area contributed by atoms with Crippen LogP contribution in [0.15, 0.2) is 24.3 Å². The summed E-state index contributed by atoms with van der Waals surface area (Å²) >= 11 is 0. The van der Waals surface area contributed by atoms with E-state index in [9.17, 15) is 9.90 Å². The Kier molecular flexibility index (Phi) is 8.33. The molecule has 0 radical (unpaired) electrons. The molecule has 2 unspecified atom stereocenters. The molecule has 9 heteroatoms. The number of carbonyl (C=O) groups is 1.